The Morgan fingerprint density at radius 2 is 1.94 bits per heavy atom. The largest absolute Gasteiger partial charge is 0.297 e. The summed E-state index contributed by atoms with van der Waals surface area (Å²) in [4.78, 5) is 2.41. The van der Waals surface area contributed by atoms with E-state index in [2.05, 4.69) is 34.7 Å². The van der Waals surface area contributed by atoms with Crippen molar-refractivity contribution in [3.63, 3.8) is 0 Å². The summed E-state index contributed by atoms with van der Waals surface area (Å²) in [5.41, 5.74) is 1.04. The lowest BCUT2D eigenvalue weighted by molar-refractivity contribution is 0.262. The van der Waals surface area contributed by atoms with Gasteiger partial charge in [0.15, 0.2) is 0 Å². The summed E-state index contributed by atoms with van der Waals surface area (Å²) >= 11 is 5.38. The van der Waals surface area contributed by atoms with Gasteiger partial charge in [-0.1, -0.05) is 29.8 Å². The lowest BCUT2D eigenvalue weighted by atomic mass is 10.2. The minimum atomic E-state index is -0.165. The maximum atomic E-state index is 13.3. The minimum absolute atomic E-state index is 0.165. The molecule has 2 atom stereocenters. The number of rotatable bonds is 2. The molecule has 0 radical (unpaired) electrons. The Kier molecular flexibility index (Phi) is 4.50. The monoisotopic (exact) mass is 317 g/mol. The fourth-order valence-electron chi connectivity index (χ4n) is 2.37. The van der Waals surface area contributed by atoms with E-state index < -0.39 is 0 Å². The quantitative estimate of drug-likeness (QED) is 0.813. The molecule has 0 N–H and O–H groups in total. The van der Waals surface area contributed by atoms with Gasteiger partial charge in [0.1, 0.15) is 5.82 Å². The van der Waals surface area contributed by atoms with Crippen molar-refractivity contribution in [2.24, 2.45) is 0 Å². The highest BCUT2D eigenvalue weighted by atomic mass is 79.9. The first kappa shape index (κ1) is 13.4. The second kappa shape index (κ2) is 5.72. The van der Waals surface area contributed by atoms with Crippen LogP contribution < -0.4 is 0 Å². The summed E-state index contributed by atoms with van der Waals surface area (Å²) in [5.74, 6) is -0.165. The molecule has 94 valence electrons. The molecule has 0 saturated carbocycles. The second-order valence-corrected chi connectivity index (χ2v) is 7.53. The van der Waals surface area contributed by atoms with Crippen molar-refractivity contribution in [3.05, 3.63) is 34.1 Å². The molecule has 2 rings (SSSR count). The molecule has 1 aromatic carbocycles. The molecule has 0 bridgehead atoms. The summed E-state index contributed by atoms with van der Waals surface area (Å²) in [6, 6.07) is 5.13. The summed E-state index contributed by atoms with van der Waals surface area (Å²) < 4.78 is 14.1. The third-order valence-corrected chi connectivity index (χ3v) is 4.51. The second-order valence-electron chi connectivity index (χ2n) is 4.73. The molecule has 1 aliphatic heterocycles. The van der Waals surface area contributed by atoms with Crippen molar-refractivity contribution < 1.29 is 4.39 Å². The van der Waals surface area contributed by atoms with Gasteiger partial charge in [-0.15, -0.1) is 0 Å². The average molecular weight is 318 g/mol. The van der Waals surface area contributed by atoms with Crippen LogP contribution >= 0.6 is 27.7 Å². The van der Waals surface area contributed by atoms with Gasteiger partial charge in [-0.05, 0) is 23.8 Å². The zero-order valence-electron chi connectivity index (χ0n) is 10.1. The van der Waals surface area contributed by atoms with Crippen molar-refractivity contribution >= 4 is 27.7 Å². The molecule has 1 aromatic rings. The van der Waals surface area contributed by atoms with E-state index >= 15 is 0 Å². The van der Waals surface area contributed by atoms with Gasteiger partial charge < -0.3 is 0 Å². The van der Waals surface area contributed by atoms with E-state index in [0.29, 0.717) is 10.5 Å². The number of nitrogens with zero attached hydrogens (tertiary/aromatic N) is 1. The van der Waals surface area contributed by atoms with Crippen LogP contribution in [-0.4, -0.2) is 28.5 Å². The average Bonchev–Trinajstić information content (AvgIpc) is 2.13. The zero-order chi connectivity index (χ0) is 12.4. The predicted molar refractivity (Wildman–Crippen MR) is 75.9 cm³/mol. The Morgan fingerprint density at radius 3 is 2.53 bits per heavy atom. The fourth-order valence-corrected chi connectivity index (χ4v) is 4.27. The van der Waals surface area contributed by atoms with Crippen LogP contribution in [0.5, 0.6) is 0 Å². The number of thioether (sulfide) groups is 1. The number of benzene rings is 1. The lowest BCUT2D eigenvalue weighted by Gasteiger charge is -2.34. The third kappa shape index (κ3) is 3.97. The first-order chi connectivity index (χ1) is 8.02. The molecule has 1 fully saturated rings. The smallest absolute Gasteiger partial charge is 0.124 e. The van der Waals surface area contributed by atoms with E-state index in [0.717, 1.165) is 29.7 Å². The van der Waals surface area contributed by atoms with Gasteiger partial charge in [-0.2, -0.15) is 11.8 Å². The molecule has 2 unspecified atom stereocenters. The van der Waals surface area contributed by atoms with Gasteiger partial charge in [0.05, 0.1) is 0 Å². The molecule has 0 amide bonds. The van der Waals surface area contributed by atoms with Gasteiger partial charge >= 0.3 is 0 Å². The van der Waals surface area contributed by atoms with Crippen LogP contribution in [0.3, 0.4) is 0 Å². The maximum absolute atomic E-state index is 13.3. The molecular formula is C13H17BrFNS. The lowest BCUT2D eigenvalue weighted by Crippen LogP contribution is -2.39. The number of hydrogen-bond donors (Lipinski definition) is 0. The van der Waals surface area contributed by atoms with E-state index in [-0.39, 0.29) is 5.82 Å². The Balaban J connectivity index is 2.04. The number of halogens is 2. The molecule has 4 heteroatoms. The maximum Gasteiger partial charge on any atom is 0.124 e. The van der Waals surface area contributed by atoms with Crippen LogP contribution in [0.25, 0.3) is 0 Å². The third-order valence-electron chi connectivity index (χ3n) is 2.82. The van der Waals surface area contributed by atoms with E-state index in [4.69, 9.17) is 0 Å². The van der Waals surface area contributed by atoms with Gasteiger partial charge in [-0.3, -0.25) is 4.90 Å². The Bertz CT molecular complexity index is 369. The first-order valence-corrected chi connectivity index (χ1v) is 7.59. The highest BCUT2D eigenvalue weighted by Crippen LogP contribution is 2.26. The van der Waals surface area contributed by atoms with E-state index in [9.17, 15) is 4.39 Å². The van der Waals surface area contributed by atoms with Crippen LogP contribution in [0.4, 0.5) is 4.39 Å². The van der Waals surface area contributed by atoms with Crippen molar-refractivity contribution in [1.29, 1.82) is 0 Å². The molecule has 0 aromatic heterocycles. The summed E-state index contributed by atoms with van der Waals surface area (Å²) in [7, 11) is 0. The SMILES string of the molecule is CC1CN(Cc2cc(F)cc(Br)c2)CC(C)S1. The van der Waals surface area contributed by atoms with Gasteiger partial charge in [0.2, 0.25) is 0 Å². The molecule has 1 nitrogen and oxygen atoms in total. The molecule has 1 aliphatic rings. The molecule has 0 spiro atoms. The van der Waals surface area contributed by atoms with Crippen LogP contribution in [0, 0.1) is 5.82 Å². The van der Waals surface area contributed by atoms with Crippen LogP contribution in [0.2, 0.25) is 0 Å². The van der Waals surface area contributed by atoms with Crippen molar-refractivity contribution in [1.82, 2.24) is 4.90 Å². The summed E-state index contributed by atoms with van der Waals surface area (Å²) in [5, 5.41) is 1.33. The Morgan fingerprint density at radius 1 is 1.29 bits per heavy atom. The van der Waals surface area contributed by atoms with Crippen molar-refractivity contribution in [3.8, 4) is 0 Å². The summed E-state index contributed by atoms with van der Waals surface area (Å²) in [6.45, 7) is 7.53. The zero-order valence-corrected chi connectivity index (χ0v) is 12.5. The molecule has 0 aliphatic carbocycles. The standard InChI is InChI=1S/C13H17BrFNS/c1-9-6-16(7-10(2)17-9)8-11-3-12(14)5-13(15)4-11/h3-5,9-10H,6-8H2,1-2H3. The first-order valence-electron chi connectivity index (χ1n) is 5.85. The minimum Gasteiger partial charge on any atom is -0.297 e. The van der Waals surface area contributed by atoms with E-state index in [1.165, 1.54) is 6.07 Å². The van der Waals surface area contributed by atoms with E-state index in [1.807, 2.05) is 17.8 Å². The molecule has 1 saturated heterocycles. The Hall–Kier alpha value is -0.0600. The highest BCUT2D eigenvalue weighted by molar-refractivity contribution is 9.10. The van der Waals surface area contributed by atoms with Gasteiger partial charge in [0.25, 0.3) is 0 Å². The van der Waals surface area contributed by atoms with Crippen molar-refractivity contribution in [2.75, 3.05) is 13.1 Å². The Labute approximate surface area is 115 Å². The van der Waals surface area contributed by atoms with Crippen molar-refractivity contribution in [2.45, 2.75) is 30.9 Å². The topological polar surface area (TPSA) is 3.24 Å². The molecule has 1 heterocycles. The molecular weight excluding hydrogens is 301 g/mol. The van der Waals surface area contributed by atoms with Gasteiger partial charge in [0, 0.05) is 34.6 Å². The van der Waals surface area contributed by atoms with E-state index in [1.54, 1.807) is 6.07 Å². The predicted octanol–water partition coefficient (Wildman–Crippen LogP) is 3.91. The highest BCUT2D eigenvalue weighted by Gasteiger charge is 2.22. The normalized spacial score (nSPS) is 26.1. The number of hydrogen-bond acceptors (Lipinski definition) is 2. The summed E-state index contributed by atoms with van der Waals surface area (Å²) in [6.07, 6.45) is 0. The van der Waals surface area contributed by atoms with Gasteiger partial charge in [-0.25, -0.2) is 4.39 Å². The fraction of sp³-hybridized carbons (Fsp3) is 0.538. The molecule has 17 heavy (non-hydrogen) atoms. The van der Waals surface area contributed by atoms with Crippen LogP contribution in [0.15, 0.2) is 22.7 Å². The van der Waals surface area contributed by atoms with Crippen LogP contribution in [-0.2, 0) is 6.54 Å². The van der Waals surface area contributed by atoms with Crippen LogP contribution in [0.1, 0.15) is 19.4 Å².